The van der Waals surface area contributed by atoms with Gasteiger partial charge in [-0.1, -0.05) is 0 Å². The molecule has 0 heterocycles. The van der Waals surface area contributed by atoms with Crippen molar-refractivity contribution in [3.63, 3.8) is 0 Å². The molecule has 0 nitrogen and oxygen atoms in total. The number of benzene rings is 4. The molecular formula is C26H23BrP2Pd. The maximum absolute atomic E-state index is 3.96. The molecule has 0 amide bonds. The first kappa shape index (κ1) is 22.1. The van der Waals surface area contributed by atoms with E-state index in [1.165, 1.54) is 27.4 Å². The fraction of sp³-hybridized carbons (Fsp3) is 0.0769. The molecule has 0 aromatic heterocycles. The monoisotopic (exact) mass is 582 g/mol. The summed E-state index contributed by atoms with van der Waals surface area (Å²) < 4.78 is 0.602. The number of rotatable bonds is 8. The summed E-state index contributed by atoms with van der Waals surface area (Å²) in [6, 6.07) is 44.4. The van der Waals surface area contributed by atoms with E-state index in [-0.39, 0.29) is 0 Å². The summed E-state index contributed by atoms with van der Waals surface area (Å²) in [5.74, 6) is 0. The van der Waals surface area contributed by atoms with E-state index < -0.39 is 15.8 Å². The number of halogens is 1. The minimum atomic E-state index is -0.436. The van der Waals surface area contributed by atoms with Crippen LogP contribution in [0.1, 0.15) is 0 Å². The van der Waals surface area contributed by atoms with Gasteiger partial charge in [0.25, 0.3) is 0 Å². The van der Waals surface area contributed by atoms with Crippen LogP contribution in [0, 0.1) is 0 Å². The molecule has 4 aromatic carbocycles. The van der Waals surface area contributed by atoms with Gasteiger partial charge in [0.1, 0.15) is 0 Å². The van der Waals surface area contributed by atoms with Crippen molar-refractivity contribution in [1.29, 1.82) is 0 Å². The van der Waals surface area contributed by atoms with Crippen LogP contribution < -0.4 is 21.2 Å². The molecule has 0 radical (unpaired) electrons. The molecule has 4 heteroatoms. The van der Waals surface area contributed by atoms with Crippen LogP contribution in [0.3, 0.4) is 0 Å². The van der Waals surface area contributed by atoms with Crippen LogP contribution in [-0.4, -0.2) is 10.3 Å². The summed E-state index contributed by atoms with van der Waals surface area (Å²) in [6.45, 7) is 0. The Balaban J connectivity index is 1.74. The molecule has 154 valence electrons. The van der Waals surface area contributed by atoms with Crippen molar-refractivity contribution in [3.05, 3.63) is 121 Å². The molecule has 0 N–H and O–H groups in total. The van der Waals surface area contributed by atoms with Gasteiger partial charge in [-0.05, 0) is 0 Å². The van der Waals surface area contributed by atoms with Crippen molar-refractivity contribution >= 4 is 50.5 Å². The van der Waals surface area contributed by atoms with Crippen LogP contribution in [0.5, 0.6) is 0 Å². The van der Waals surface area contributed by atoms with Gasteiger partial charge in [-0.15, -0.1) is 0 Å². The van der Waals surface area contributed by atoms with Gasteiger partial charge in [0.05, 0.1) is 0 Å². The van der Waals surface area contributed by atoms with Crippen LogP contribution in [0.4, 0.5) is 0 Å². The van der Waals surface area contributed by atoms with Gasteiger partial charge in [0, 0.05) is 0 Å². The molecule has 0 bridgehead atoms. The van der Waals surface area contributed by atoms with E-state index in [9.17, 15) is 0 Å². The quantitative estimate of drug-likeness (QED) is 0.177. The summed E-state index contributed by atoms with van der Waals surface area (Å²) >= 11 is 4.46. The van der Waals surface area contributed by atoms with E-state index in [2.05, 4.69) is 135 Å². The van der Waals surface area contributed by atoms with E-state index in [4.69, 9.17) is 0 Å². The average molecular weight is 584 g/mol. The van der Waals surface area contributed by atoms with Gasteiger partial charge in [-0.25, -0.2) is 0 Å². The molecule has 1 atom stereocenters. The fourth-order valence-electron chi connectivity index (χ4n) is 3.48. The summed E-state index contributed by atoms with van der Waals surface area (Å²) in [4.78, 5) is 0. The van der Waals surface area contributed by atoms with Crippen molar-refractivity contribution in [3.8, 4) is 0 Å². The number of hydrogen-bond acceptors (Lipinski definition) is 0. The van der Waals surface area contributed by atoms with Gasteiger partial charge < -0.3 is 0 Å². The van der Waals surface area contributed by atoms with E-state index in [0.717, 1.165) is 0 Å². The predicted molar refractivity (Wildman–Crippen MR) is 136 cm³/mol. The third-order valence-electron chi connectivity index (χ3n) is 4.87. The molecule has 4 rings (SSSR count). The zero-order chi connectivity index (χ0) is 20.6. The van der Waals surface area contributed by atoms with Crippen molar-refractivity contribution in [2.24, 2.45) is 0 Å². The van der Waals surface area contributed by atoms with E-state index in [1.807, 2.05) is 0 Å². The molecule has 0 saturated heterocycles. The first-order valence-corrected chi connectivity index (χ1v) is 17.2. The van der Waals surface area contributed by atoms with Gasteiger partial charge in [-0.3, -0.25) is 0 Å². The molecule has 0 fully saturated rings. The normalized spacial score (nSPS) is 12.4. The average Bonchev–Trinajstić information content (AvgIpc) is 2.84. The standard InChI is InChI=1S/C26H23P2.BrH.Pd/c1-5-13-23(14-6-1)27(24-15-7-2-8-16-24)21-22-28(25-17-9-3-10-18-25)26-19-11-4-12-20-26;;/h1-21H,22H2;1H;/q;;+1/p-1. The molecular weight excluding hydrogens is 561 g/mol. The Morgan fingerprint density at radius 2 is 0.867 bits per heavy atom. The molecule has 0 saturated carbocycles. The van der Waals surface area contributed by atoms with Crippen molar-refractivity contribution in [2.45, 2.75) is 4.13 Å². The Morgan fingerprint density at radius 3 is 1.20 bits per heavy atom. The fourth-order valence-corrected chi connectivity index (χ4v) is 15.6. The first-order chi connectivity index (χ1) is 14.9. The molecule has 0 aliphatic rings. The van der Waals surface area contributed by atoms with E-state index in [0.29, 0.717) is 20.1 Å². The van der Waals surface area contributed by atoms with Crippen molar-refractivity contribution in [2.75, 3.05) is 6.16 Å². The first-order valence-electron chi connectivity index (χ1n) is 9.82. The Morgan fingerprint density at radius 1 is 0.533 bits per heavy atom. The van der Waals surface area contributed by atoms with Gasteiger partial charge in [0.2, 0.25) is 0 Å². The molecule has 0 aliphatic heterocycles. The molecule has 1 unspecified atom stereocenters. The van der Waals surface area contributed by atoms with Crippen LogP contribution in [0.25, 0.3) is 0 Å². The Kier molecular flexibility index (Phi) is 8.46. The van der Waals surface area contributed by atoms with Crippen LogP contribution >= 0.6 is 29.3 Å². The third kappa shape index (κ3) is 5.57. The second-order valence-corrected chi connectivity index (χ2v) is 15.2. The Hall–Kier alpha value is -1.12. The molecule has 30 heavy (non-hydrogen) atoms. The van der Waals surface area contributed by atoms with Crippen LogP contribution in [0.15, 0.2) is 121 Å². The van der Waals surface area contributed by atoms with Crippen LogP contribution in [-0.2, 0) is 16.0 Å². The van der Waals surface area contributed by atoms with Crippen molar-refractivity contribution < 1.29 is 16.0 Å². The second-order valence-electron chi connectivity index (χ2n) is 6.79. The Labute approximate surface area is 197 Å². The van der Waals surface area contributed by atoms with Crippen LogP contribution in [0.2, 0.25) is 0 Å². The second kappa shape index (κ2) is 11.5. The SMILES string of the molecule is [Br][Pd][CH](CP(c1ccccc1)c1ccccc1)P(c1ccccc1)c1ccccc1. The predicted octanol–water partition coefficient (Wildman–Crippen LogP) is 5.97. The van der Waals surface area contributed by atoms with Gasteiger partial charge >= 0.3 is 198 Å². The number of hydrogen-bond donors (Lipinski definition) is 0. The molecule has 0 spiro atoms. The summed E-state index contributed by atoms with van der Waals surface area (Å²) in [5.41, 5.74) is 0. The topological polar surface area (TPSA) is 0 Å². The minimum absolute atomic E-state index is 0.411. The summed E-state index contributed by atoms with van der Waals surface area (Å²) in [6.07, 6.45) is 1.19. The zero-order valence-corrected chi connectivity index (χ0v) is 21.3. The molecule has 4 aromatic rings. The summed E-state index contributed by atoms with van der Waals surface area (Å²) in [7, 11) is -0.847. The van der Waals surface area contributed by atoms with Gasteiger partial charge in [0.15, 0.2) is 0 Å². The van der Waals surface area contributed by atoms with Crippen molar-refractivity contribution in [1.82, 2.24) is 0 Å². The summed E-state index contributed by atoms with van der Waals surface area (Å²) in [5, 5.41) is 5.87. The van der Waals surface area contributed by atoms with E-state index in [1.54, 1.807) is 0 Å². The third-order valence-corrected chi connectivity index (χ3v) is 16.4. The maximum atomic E-state index is 3.96. The van der Waals surface area contributed by atoms with Gasteiger partial charge in [-0.2, -0.15) is 0 Å². The van der Waals surface area contributed by atoms with E-state index >= 15 is 0 Å². The Bertz CT molecular complexity index is 935. The molecule has 0 aliphatic carbocycles. The zero-order valence-electron chi connectivity index (χ0n) is 16.4.